The number of hydrogen-bond acceptors (Lipinski definition) is 4. The minimum Gasteiger partial charge on any atom is -0.378 e. The summed E-state index contributed by atoms with van der Waals surface area (Å²) in [6, 6.07) is 0.139. The Labute approximate surface area is 129 Å². The number of piperazine rings is 1. The molecule has 8 heteroatoms. The Morgan fingerprint density at radius 1 is 1.14 bits per heavy atom. The largest absolute Gasteiger partial charge is 0.378 e. The SMILES string of the molecule is O=C(N1CCOCC1)N1CCN(Cn2cc(Cl)cn2)CC1. The second-order valence-corrected chi connectivity index (χ2v) is 5.76. The van der Waals surface area contributed by atoms with E-state index in [1.165, 1.54) is 0 Å². The molecular formula is C13H20ClN5O2. The molecule has 0 N–H and O–H groups in total. The van der Waals surface area contributed by atoms with Crippen LogP contribution in [0, 0.1) is 0 Å². The van der Waals surface area contributed by atoms with E-state index < -0.39 is 0 Å². The Kier molecular flexibility index (Phi) is 4.62. The van der Waals surface area contributed by atoms with Crippen molar-refractivity contribution >= 4 is 17.6 Å². The number of nitrogens with zero attached hydrogens (tertiary/aromatic N) is 5. The fourth-order valence-electron chi connectivity index (χ4n) is 2.66. The molecular weight excluding hydrogens is 294 g/mol. The van der Waals surface area contributed by atoms with Gasteiger partial charge in [-0.3, -0.25) is 9.58 Å². The molecule has 0 radical (unpaired) electrons. The van der Waals surface area contributed by atoms with Gasteiger partial charge in [-0.1, -0.05) is 11.6 Å². The first-order chi connectivity index (χ1) is 10.2. The lowest BCUT2D eigenvalue weighted by molar-refractivity contribution is 0.0355. The number of urea groups is 1. The zero-order chi connectivity index (χ0) is 14.7. The molecule has 0 saturated carbocycles. The fraction of sp³-hybridized carbons (Fsp3) is 0.692. The molecule has 21 heavy (non-hydrogen) atoms. The molecule has 2 fully saturated rings. The van der Waals surface area contributed by atoms with Gasteiger partial charge in [0.15, 0.2) is 0 Å². The third-order valence-electron chi connectivity index (χ3n) is 3.87. The number of rotatable bonds is 2. The Balaban J connectivity index is 1.47. The van der Waals surface area contributed by atoms with Crippen LogP contribution in [-0.4, -0.2) is 83.0 Å². The molecule has 2 aliphatic heterocycles. The zero-order valence-electron chi connectivity index (χ0n) is 11.9. The van der Waals surface area contributed by atoms with Gasteiger partial charge in [-0.15, -0.1) is 0 Å². The zero-order valence-corrected chi connectivity index (χ0v) is 12.7. The van der Waals surface area contributed by atoms with Crippen LogP contribution in [0.1, 0.15) is 0 Å². The monoisotopic (exact) mass is 313 g/mol. The summed E-state index contributed by atoms with van der Waals surface area (Å²) in [7, 11) is 0. The van der Waals surface area contributed by atoms with E-state index in [2.05, 4.69) is 10.00 Å². The predicted octanol–water partition coefficient (Wildman–Crippen LogP) is 0.564. The van der Waals surface area contributed by atoms with Crippen LogP contribution in [0.5, 0.6) is 0 Å². The molecule has 7 nitrogen and oxygen atoms in total. The highest BCUT2D eigenvalue weighted by molar-refractivity contribution is 6.30. The summed E-state index contributed by atoms with van der Waals surface area (Å²) in [5.41, 5.74) is 0. The van der Waals surface area contributed by atoms with Crippen LogP contribution in [0.3, 0.4) is 0 Å². The Hall–Kier alpha value is -1.31. The number of hydrogen-bond donors (Lipinski definition) is 0. The number of carbonyl (C=O) groups is 1. The van der Waals surface area contributed by atoms with Gasteiger partial charge in [-0.25, -0.2) is 4.79 Å². The maximum Gasteiger partial charge on any atom is 0.320 e. The van der Waals surface area contributed by atoms with E-state index in [0.717, 1.165) is 26.2 Å². The van der Waals surface area contributed by atoms with Gasteiger partial charge in [0.1, 0.15) is 0 Å². The van der Waals surface area contributed by atoms with E-state index in [0.29, 0.717) is 38.0 Å². The highest BCUT2D eigenvalue weighted by Crippen LogP contribution is 2.10. The Morgan fingerprint density at radius 2 is 1.81 bits per heavy atom. The second-order valence-electron chi connectivity index (χ2n) is 5.33. The molecule has 1 aromatic rings. The molecule has 0 atom stereocenters. The molecule has 0 spiro atoms. The van der Waals surface area contributed by atoms with Gasteiger partial charge in [0.25, 0.3) is 0 Å². The molecule has 0 bridgehead atoms. The van der Waals surface area contributed by atoms with Gasteiger partial charge in [0.05, 0.1) is 31.1 Å². The summed E-state index contributed by atoms with van der Waals surface area (Å²) < 4.78 is 7.10. The summed E-state index contributed by atoms with van der Waals surface area (Å²) in [4.78, 5) is 18.4. The maximum atomic E-state index is 12.4. The number of morpholine rings is 1. The molecule has 0 aromatic carbocycles. The van der Waals surface area contributed by atoms with Crippen molar-refractivity contribution in [3.05, 3.63) is 17.4 Å². The van der Waals surface area contributed by atoms with Crippen LogP contribution in [0.4, 0.5) is 4.79 Å². The highest BCUT2D eigenvalue weighted by atomic mass is 35.5. The molecule has 0 aliphatic carbocycles. The smallest absolute Gasteiger partial charge is 0.320 e. The first-order valence-electron chi connectivity index (χ1n) is 7.24. The standard InChI is InChI=1S/C13H20ClN5O2/c14-12-9-15-19(10-12)11-16-1-3-17(4-2-16)13(20)18-5-7-21-8-6-18/h9-10H,1-8,11H2. The second kappa shape index (κ2) is 6.64. The van der Waals surface area contributed by atoms with E-state index in [1.807, 2.05) is 20.7 Å². The minimum absolute atomic E-state index is 0.139. The molecule has 2 saturated heterocycles. The van der Waals surface area contributed by atoms with Crippen molar-refractivity contribution in [3.8, 4) is 0 Å². The quantitative estimate of drug-likeness (QED) is 0.801. The average Bonchev–Trinajstić information content (AvgIpc) is 2.93. The van der Waals surface area contributed by atoms with Crippen molar-refractivity contribution in [1.29, 1.82) is 0 Å². The van der Waals surface area contributed by atoms with Gasteiger partial charge >= 0.3 is 6.03 Å². The normalized spacial score (nSPS) is 20.8. The van der Waals surface area contributed by atoms with E-state index in [4.69, 9.17) is 16.3 Å². The summed E-state index contributed by atoms with van der Waals surface area (Å²) in [5.74, 6) is 0. The van der Waals surface area contributed by atoms with Crippen LogP contribution in [-0.2, 0) is 11.4 Å². The van der Waals surface area contributed by atoms with Gasteiger partial charge in [0, 0.05) is 45.5 Å². The first kappa shape index (κ1) is 14.6. The summed E-state index contributed by atoms with van der Waals surface area (Å²) >= 11 is 5.86. The fourth-order valence-corrected chi connectivity index (χ4v) is 2.81. The first-order valence-corrected chi connectivity index (χ1v) is 7.62. The lowest BCUT2D eigenvalue weighted by Crippen LogP contribution is -2.54. The van der Waals surface area contributed by atoms with Crippen LogP contribution in [0.25, 0.3) is 0 Å². The van der Waals surface area contributed by atoms with E-state index in [1.54, 1.807) is 6.20 Å². The summed E-state index contributed by atoms with van der Waals surface area (Å²) in [5, 5.41) is 4.83. The molecule has 3 heterocycles. The molecule has 0 unspecified atom stereocenters. The average molecular weight is 314 g/mol. The maximum absolute atomic E-state index is 12.4. The van der Waals surface area contributed by atoms with Crippen LogP contribution in [0.15, 0.2) is 12.4 Å². The van der Waals surface area contributed by atoms with Gasteiger partial charge in [-0.2, -0.15) is 5.10 Å². The van der Waals surface area contributed by atoms with Crippen molar-refractivity contribution in [3.63, 3.8) is 0 Å². The topological polar surface area (TPSA) is 53.8 Å². The van der Waals surface area contributed by atoms with Crippen molar-refractivity contribution < 1.29 is 9.53 Å². The number of ether oxygens (including phenoxy) is 1. The summed E-state index contributed by atoms with van der Waals surface area (Å²) in [6.45, 7) is 6.62. The molecule has 116 valence electrons. The highest BCUT2D eigenvalue weighted by Gasteiger charge is 2.26. The van der Waals surface area contributed by atoms with E-state index >= 15 is 0 Å². The molecule has 2 amide bonds. The lowest BCUT2D eigenvalue weighted by atomic mass is 10.3. The third-order valence-corrected chi connectivity index (χ3v) is 4.07. The van der Waals surface area contributed by atoms with Crippen LogP contribution >= 0.6 is 11.6 Å². The van der Waals surface area contributed by atoms with Crippen molar-refractivity contribution in [2.24, 2.45) is 0 Å². The minimum atomic E-state index is 0.139. The lowest BCUT2D eigenvalue weighted by Gasteiger charge is -2.38. The van der Waals surface area contributed by atoms with Gasteiger partial charge in [0.2, 0.25) is 0 Å². The molecule has 3 rings (SSSR count). The van der Waals surface area contributed by atoms with Crippen LogP contribution in [0.2, 0.25) is 5.02 Å². The predicted molar refractivity (Wildman–Crippen MR) is 78.2 cm³/mol. The number of amides is 2. The van der Waals surface area contributed by atoms with Crippen molar-refractivity contribution in [2.45, 2.75) is 6.67 Å². The van der Waals surface area contributed by atoms with Gasteiger partial charge in [-0.05, 0) is 0 Å². The van der Waals surface area contributed by atoms with Gasteiger partial charge < -0.3 is 14.5 Å². The van der Waals surface area contributed by atoms with Crippen molar-refractivity contribution in [2.75, 3.05) is 52.5 Å². The number of carbonyl (C=O) groups excluding carboxylic acids is 1. The third kappa shape index (κ3) is 3.66. The number of aromatic nitrogens is 2. The van der Waals surface area contributed by atoms with E-state index in [9.17, 15) is 4.79 Å². The number of halogens is 1. The van der Waals surface area contributed by atoms with Crippen molar-refractivity contribution in [1.82, 2.24) is 24.5 Å². The Morgan fingerprint density at radius 3 is 2.43 bits per heavy atom. The van der Waals surface area contributed by atoms with E-state index in [-0.39, 0.29) is 6.03 Å². The van der Waals surface area contributed by atoms with Crippen LogP contribution < -0.4 is 0 Å². The molecule has 2 aliphatic rings. The molecule has 1 aromatic heterocycles. The Bertz CT molecular complexity index is 481. The summed E-state index contributed by atoms with van der Waals surface area (Å²) in [6.07, 6.45) is 3.45.